The molecule has 0 atom stereocenters. The summed E-state index contributed by atoms with van der Waals surface area (Å²) < 4.78 is 2.91. The zero-order valence-electron chi connectivity index (χ0n) is 10.5. The highest BCUT2D eigenvalue weighted by molar-refractivity contribution is 9.10. The van der Waals surface area contributed by atoms with Crippen LogP contribution in [-0.2, 0) is 6.54 Å². The SMILES string of the molecule is N#Cc1ccc(NCCCCn2ccnc2)cc1Br. The van der Waals surface area contributed by atoms with E-state index in [1.54, 1.807) is 6.20 Å². The molecular weight excluding hydrogens is 304 g/mol. The first-order valence-electron chi connectivity index (χ1n) is 6.19. The van der Waals surface area contributed by atoms with E-state index in [0.717, 1.165) is 36.1 Å². The van der Waals surface area contributed by atoms with Crippen LogP contribution in [0.15, 0.2) is 41.4 Å². The summed E-state index contributed by atoms with van der Waals surface area (Å²) in [7, 11) is 0. The highest BCUT2D eigenvalue weighted by Gasteiger charge is 2.00. The molecule has 4 nitrogen and oxygen atoms in total. The number of nitrogens with zero attached hydrogens (tertiary/aromatic N) is 3. The molecule has 0 aliphatic rings. The number of unbranched alkanes of at least 4 members (excludes halogenated alkanes) is 1. The molecule has 0 spiro atoms. The van der Waals surface area contributed by atoms with Gasteiger partial charge in [0, 0.05) is 35.6 Å². The van der Waals surface area contributed by atoms with Gasteiger partial charge in [0.05, 0.1) is 11.9 Å². The van der Waals surface area contributed by atoms with Crippen molar-refractivity contribution in [1.29, 1.82) is 5.26 Å². The fourth-order valence-electron chi connectivity index (χ4n) is 1.79. The highest BCUT2D eigenvalue weighted by atomic mass is 79.9. The number of benzene rings is 1. The molecule has 0 aliphatic heterocycles. The molecule has 0 saturated heterocycles. The Morgan fingerprint density at radius 1 is 1.37 bits per heavy atom. The van der Waals surface area contributed by atoms with E-state index < -0.39 is 0 Å². The van der Waals surface area contributed by atoms with Crippen molar-refractivity contribution in [3.63, 3.8) is 0 Å². The average molecular weight is 319 g/mol. The van der Waals surface area contributed by atoms with Crippen molar-refractivity contribution in [2.24, 2.45) is 0 Å². The molecule has 1 aromatic carbocycles. The van der Waals surface area contributed by atoms with E-state index in [1.807, 2.05) is 30.7 Å². The number of nitriles is 1. The van der Waals surface area contributed by atoms with Crippen LogP contribution >= 0.6 is 15.9 Å². The molecule has 19 heavy (non-hydrogen) atoms. The number of nitrogens with one attached hydrogen (secondary N) is 1. The Morgan fingerprint density at radius 3 is 2.95 bits per heavy atom. The van der Waals surface area contributed by atoms with E-state index >= 15 is 0 Å². The number of hydrogen-bond acceptors (Lipinski definition) is 3. The first-order valence-corrected chi connectivity index (χ1v) is 6.98. The van der Waals surface area contributed by atoms with Gasteiger partial charge < -0.3 is 9.88 Å². The van der Waals surface area contributed by atoms with Gasteiger partial charge in [-0.05, 0) is 47.0 Å². The molecule has 1 heterocycles. The van der Waals surface area contributed by atoms with E-state index in [4.69, 9.17) is 5.26 Å². The van der Waals surface area contributed by atoms with E-state index in [1.165, 1.54) is 0 Å². The molecule has 0 unspecified atom stereocenters. The molecule has 1 aromatic heterocycles. The Morgan fingerprint density at radius 2 is 2.26 bits per heavy atom. The molecule has 0 fully saturated rings. The summed E-state index contributed by atoms with van der Waals surface area (Å²) in [4.78, 5) is 4.01. The fraction of sp³-hybridized carbons (Fsp3) is 0.286. The monoisotopic (exact) mass is 318 g/mol. The third-order valence-electron chi connectivity index (χ3n) is 2.82. The van der Waals surface area contributed by atoms with Gasteiger partial charge in [-0.2, -0.15) is 5.26 Å². The Hall–Kier alpha value is -1.80. The molecule has 0 radical (unpaired) electrons. The fourth-order valence-corrected chi connectivity index (χ4v) is 2.25. The molecule has 98 valence electrons. The highest BCUT2D eigenvalue weighted by Crippen LogP contribution is 2.20. The first-order chi connectivity index (χ1) is 9.29. The van der Waals surface area contributed by atoms with E-state index in [-0.39, 0.29) is 0 Å². The van der Waals surface area contributed by atoms with Crippen LogP contribution in [-0.4, -0.2) is 16.1 Å². The number of rotatable bonds is 6. The minimum absolute atomic E-state index is 0.658. The van der Waals surface area contributed by atoms with Crippen LogP contribution in [0.3, 0.4) is 0 Å². The standard InChI is InChI=1S/C14H15BrN4/c15-14-9-13(4-3-12(14)10-16)18-5-1-2-7-19-8-6-17-11-19/h3-4,6,8-9,11,18H,1-2,5,7H2. The Balaban J connectivity index is 1.71. The second-order valence-corrected chi connectivity index (χ2v) is 5.10. The molecular formula is C14H15BrN4. The normalized spacial score (nSPS) is 10.1. The summed E-state index contributed by atoms with van der Waals surface area (Å²) in [6, 6.07) is 7.82. The van der Waals surface area contributed by atoms with Crippen LogP contribution in [0.2, 0.25) is 0 Å². The van der Waals surface area contributed by atoms with Crippen molar-refractivity contribution >= 4 is 21.6 Å². The maximum absolute atomic E-state index is 8.84. The lowest BCUT2D eigenvalue weighted by Gasteiger charge is -2.07. The van der Waals surface area contributed by atoms with Gasteiger partial charge in [0.1, 0.15) is 6.07 Å². The van der Waals surface area contributed by atoms with Crippen molar-refractivity contribution < 1.29 is 0 Å². The zero-order valence-corrected chi connectivity index (χ0v) is 12.1. The molecule has 2 aromatic rings. The van der Waals surface area contributed by atoms with Gasteiger partial charge in [-0.3, -0.25) is 0 Å². The van der Waals surface area contributed by atoms with E-state index in [2.05, 4.69) is 36.9 Å². The van der Waals surface area contributed by atoms with Crippen LogP contribution in [0, 0.1) is 11.3 Å². The summed E-state index contributed by atoms with van der Waals surface area (Å²) in [6.07, 6.45) is 7.82. The van der Waals surface area contributed by atoms with Crippen LogP contribution in [0.5, 0.6) is 0 Å². The minimum Gasteiger partial charge on any atom is -0.385 e. The Labute approximate surface area is 121 Å². The van der Waals surface area contributed by atoms with Gasteiger partial charge in [-0.15, -0.1) is 0 Å². The summed E-state index contributed by atoms with van der Waals surface area (Å²) in [5.41, 5.74) is 1.69. The first kappa shape index (κ1) is 13.6. The van der Waals surface area contributed by atoms with Crippen molar-refractivity contribution in [1.82, 2.24) is 9.55 Å². The van der Waals surface area contributed by atoms with E-state index in [9.17, 15) is 0 Å². The van der Waals surface area contributed by atoms with Crippen molar-refractivity contribution in [3.05, 3.63) is 47.0 Å². The van der Waals surface area contributed by atoms with Crippen LogP contribution < -0.4 is 5.32 Å². The van der Waals surface area contributed by atoms with Crippen LogP contribution in [0.4, 0.5) is 5.69 Å². The number of aryl methyl sites for hydroxylation is 1. The molecule has 0 bridgehead atoms. The van der Waals surface area contributed by atoms with Gasteiger partial charge in [-0.1, -0.05) is 0 Å². The Kier molecular flexibility index (Phi) is 4.99. The Bertz CT molecular complexity index is 557. The molecule has 5 heteroatoms. The predicted octanol–water partition coefficient (Wildman–Crippen LogP) is 3.41. The average Bonchev–Trinajstić information content (AvgIpc) is 2.92. The number of halogens is 1. The topological polar surface area (TPSA) is 53.6 Å². The molecule has 1 N–H and O–H groups in total. The predicted molar refractivity (Wildman–Crippen MR) is 78.8 cm³/mol. The van der Waals surface area contributed by atoms with Gasteiger partial charge in [-0.25, -0.2) is 4.98 Å². The zero-order chi connectivity index (χ0) is 13.5. The quantitative estimate of drug-likeness (QED) is 0.830. The van der Waals surface area contributed by atoms with Gasteiger partial charge >= 0.3 is 0 Å². The molecule has 0 aliphatic carbocycles. The summed E-state index contributed by atoms with van der Waals surface area (Å²) in [6.45, 7) is 1.92. The minimum atomic E-state index is 0.658. The van der Waals surface area contributed by atoms with Gasteiger partial charge in [0.25, 0.3) is 0 Å². The number of aromatic nitrogens is 2. The van der Waals surface area contributed by atoms with Crippen LogP contribution in [0.25, 0.3) is 0 Å². The lowest BCUT2D eigenvalue weighted by molar-refractivity contribution is 0.621. The number of hydrogen-bond donors (Lipinski definition) is 1. The summed E-state index contributed by atoms with van der Waals surface area (Å²) >= 11 is 3.38. The largest absolute Gasteiger partial charge is 0.385 e. The van der Waals surface area contributed by atoms with E-state index in [0.29, 0.717) is 5.56 Å². The number of imidazole rings is 1. The van der Waals surface area contributed by atoms with Crippen molar-refractivity contribution in [3.8, 4) is 6.07 Å². The molecule has 0 saturated carbocycles. The molecule has 2 rings (SSSR count). The van der Waals surface area contributed by atoms with Gasteiger partial charge in [0.2, 0.25) is 0 Å². The van der Waals surface area contributed by atoms with Crippen molar-refractivity contribution in [2.75, 3.05) is 11.9 Å². The maximum Gasteiger partial charge on any atom is 0.100 e. The smallest absolute Gasteiger partial charge is 0.100 e. The maximum atomic E-state index is 8.84. The second kappa shape index (κ2) is 6.95. The summed E-state index contributed by atoms with van der Waals surface area (Å²) in [5, 5.41) is 12.2. The summed E-state index contributed by atoms with van der Waals surface area (Å²) in [5.74, 6) is 0. The second-order valence-electron chi connectivity index (χ2n) is 4.24. The third kappa shape index (κ3) is 4.11. The third-order valence-corrected chi connectivity index (χ3v) is 3.48. The molecule has 0 amide bonds. The van der Waals surface area contributed by atoms with Crippen LogP contribution in [0.1, 0.15) is 18.4 Å². The lowest BCUT2D eigenvalue weighted by atomic mass is 10.2. The number of anilines is 1. The van der Waals surface area contributed by atoms with Crippen molar-refractivity contribution in [2.45, 2.75) is 19.4 Å². The lowest BCUT2D eigenvalue weighted by Crippen LogP contribution is -2.03. The van der Waals surface area contributed by atoms with Gasteiger partial charge in [0.15, 0.2) is 0 Å².